The number of rotatable bonds is 4. The number of halogens is 1. The van der Waals surface area contributed by atoms with E-state index in [1.807, 2.05) is 12.1 Å². The zero-order chi connectivity index (χ0) is 18.0. The van der Waals surface area contributed by atoms with Crippen LogP contribution in [-0.4, -0.2) is 28.2 Å². The molecule has 1 aromatic heterocycles. The molecule has 4 heteroatoms. The van der Waals surface area contributed by atoms with Crippen LogP contribution >= 0.6 is 0 Å². The number of piperidine rings is 1. The number of nitrogens with zero attached hydrogens (tertiary/aromatic N) is 2. The standard InChI is InChI=1S/C21H28FN3/c1-15(20-7-10-23-24-20)25-11-8-16(9-12-25)13-17-5-6-18(22)14-19(17)21(2,3)4/h5-7,10,14,16H,1,8-9,11-13H2,2-4H3,(H,23,24). The predicted octanol–water partition coefficient (Wildman–Crippen LogP) is 4.77. The zero-order valence-electron chi connectivity index (χ0n) is 15.5. The average molecular weight is 341 g/mol. The highest BCUT2D eigenvalue weighted by Gasteiger charge is 2.24. The highest BCUT2D eigenvalue weighted by Crippen LogP contribution is 2.31. The zero-order valence-corrected chi connectivity index (χ0v) is 15.5. The summed E-state index contributed by atoms with van der Waals surface area (Å²) in [7, 11) is 0. The van der Waals surface area contributed by atoms with E-state index in [0.717, 1.165) is 49.3 Å². The van der Waals surface area contributed by atoms with E-state index in [0.29, 0.717) is 5.92 Å². The Morgan fingerprint density at radius 1 is 1.28 bits per heavy atom. The number of aromatic amines is 1. The van der Waals surface area contributed by atoms with E-state index < -0.39 is 0 Å². The molecule has 0 saturated carbocycles. The molecule has 3 rings (SSSR count). The molecule has 1 N–H and O–H groups in total. The molecule has 0 aliphatic carbocycles. The van der Waals surface area contributed by atoms with E-state index in [1.165, 1.54) is 5.56 Å². The fourth-order valence-electron chi connectivity index (χ4n) is 3.73. The van der Waals surface area contributed by atoms with Crippen LogP contribution in [0.25, 0.3) is 5.70 Å². The maximum Gasteiger partial charge on any atom is 0.123 e. The van der Waals surface area contributed by atoms with Gasteiger partial charge in [-0.2, -0.15) is 5.10 Å². The molecule has 0 radical (unpaired) electrons. The Labute approximate surface area is 149 Å². The van der Waals surface area contributed by atoms with Gasteiger partial charge in [0, 0.05) is 19.3 Å². The first kappa shape index (κ1) is 17.7. The van der Waals surface area contributed by atoms with E-state index in [1.54, 1.807) is 18.3 Å². The molecule has 0 atom stereocenters. The second-order valence-electron chi connectivity index (χ2n) is 8.10. The summed E-state index contributed by atoms with van der Waals surface area (Å²) >= 11 is 0. The highest BCUT2D eigenvalue weighted by atomic mass is 19.1. The van der Waals surface area contributed by atoms with Gasteiger partial charge < -0.3 is 4.90 Å². The Morgan fingerprint density at radius 3 is 2.60 bits per heavy atom. The molecule has 0 bridgehead atoms. The topological polar surface area (TPSA) is 31.9 Å². The second kappa shape index (κ2) is 7.03. The third kappa shape index (κ3) is 4.12. The van der Waals surface area contributed by atoms with Crippen molar-refractivity contribution >= 4 is 5.70 Å². The minimum absolute atomic E-state index is 0.0347. The Hall–Kier alpha value is -2.10. The summed E-state index contributed by atoms with van der Waals surface area (Å²) < 4.78 is 13.7. The molecule has 134 valence electrons. The van der Waals surface area contributed by atoms with Gasteiger partial charge in [0.2, 0.25) is 0 Å². The van der Waals surface area contributed by atoms with Crippen molar-refractivity contribution in [1.29, 1.82) is 0 Å². The summed E-state index contributed by atoms with van der Waals surface area (Å²) in [6, 6.07) is 7.25. The first-order valence-corrected chi connectivity index (χ1v) is 9.07. The van der Waals surface area contributed by atoms with Crippen LogP contribution in [0.1, 0.15) is 50.4 Å². The summed E-state index contributed by atoms with van der Waals surface area (Å²) in [5.41, 5.74) is 4.41. The van der Waals surface area contributed by atoms with Gasteiger partial charge >= 0.3 is 0 Å². The molecular weight excluding hydrogens is 313 g/mol. The molecule has 1 aromatic carbocycles. The van der Waals surface area contributed by atoms with Crippen LogP contribution in [0, 0.1) is 11.7 Å². The normalized spacial score (nSPS) is 16.2. The SMILES string of the molecule is C=C(c1ccn[nH]1)N1CCC(Cc2ccc(F)cc2C(C)(C)C)CC1. The largest absolute Gasteiger partial charge is 0.370 e. The molecule has 1 aliphatic heterocycles. The van der Waals surface area contributed by atoms with Crippen molar-refractivity contribution in [2.24, 2.45) is 5.92 Å². The first-order chi connectivity index (χ1) is 11.8. The number of benzene rings is 1. The minimum atomic E-state index is -0.139. The first-order valence-electron chi connectivity index (χ1n) is 9.07. The van der Waals surface area contributed by atoms with Crippen LogP contribution in [0.15, 0.2) is 37.0 Å². The lowest BCUT2D eigenvalue weighted by atomic mass is 9.80. The van der Waals surface area contributed by atoms with Crippen LogP contribution in [0.3, 0.4) is 0 Å². The van der Waals surface area contributed by atoms with Crippen LogP contribution in [-0.2, 0) is 11.8 Å². The number of likely N-dealkylation sites (tertiary alicyclic amines) is 1. The fraction of sp³-hybridized carbons (Fsp3) is 0.476. The molecule has 0 spiro atoms. The average Bonchev–Trinajstić information content (AvgIpc) is 3.10. The number of hydrogen-bond acceptors (Lipinski definition) is 2. The molecule has 1 fully saturated rings. The van der Waals surface area contributed by atoms with E-state index in [2.05, 4.69) is 42.4 Å². The van der Waals surface area contributed by atoms with Crippen molar-refractivity contribution < 1.29 is 4.39 Å². The Bertz CT molecular complexity index is 720. The molecule has 0 amide bonds. The van der Waals surface area contributed by atoms with Crippen LogP contribution in [0.4, 0.5) is 4.39 Å². The van der Waals surface area contributed by atoms with Crippen molar-refractivity contribution in [1.82, 2.24) is 15.1 Å². The fourth-order valence-corrected chi connectivity index (χ4v) is 3.73. The van der Waals surface area contributed by atoms with Crippen LogP contribution in [0.2, 0.25) is 0 Å². The summed E-state index contributed by atoms with van der Waals surface area (Å²) in [4.78, 5) is 2.33. The molecule has 2 aromatic rings. The van der Waals surface area contributed by atoms with Crippen molar-refractivity contribution in [2.45, 2.75) is 45.4 Å². The maximum atomic E-state index is 13.7. The smallest absolute Gasteiger partial charge is 0.123 e. The lowest BCUT2D eigenvalue weighted by Crippen LogP contribution is -2.33. The predicted molar refractivity (Wildman–Crippen MR) is 101 cm³/mol. The molecule has 1 saturated heterocycles. The van der Waals surface area contributed by atoms with Crippen molar-refractivity contribution in [3.8, 4) is 0 Å². The molecule has 3 nitrogen and oxygen atoms in total. The van der Waals surface area contributed by atoms with Crippen LogP contribution in [0.5, 0.6) is 0 Å². The van der Waals surface area contributed by atoms with Crippen molar-refractivity contribution in [3.05, 3.63) is 59.7 Å². The van der Waals surface area contributed by atoms with E-state index in [4.69, 9.17) is 0 Å². The number of H-pyrrole nitrogens is 1. The lowest BCUT2D eigenvalue weighted by molar-refractivity contribution is 0.253. The number of hydrogen-bond donors (Lipinski definition) is 1. The third-order valence-corrected chi connectivity index (χ3v) is 5.20. The van der Waals surface area contributed by atoms with Gasteiger partial charge in [-0.05, 0) is 59.9 Å². The van der Waals surface area contributed by atoms with E-state index in [9.17, 15) is 4.39 Å². The van der Waals surface area contributed by atoms with E-state index >= 15 is 0 Å². The summed E-state index contributed by atoms with van der Waals surface area (Å²) in [6.45, 7) is 12.7. The minimum Gasteiger partial charge on any atom is -0.370 e. The highest BCUT2D eigenvalue weighted by molar-refractivity contribution is 5.57. The Kier molecular flexibility index (Phi) is 4.98. The van der Waals surface area contributed by atoms with Gasteiger partial charge in [-0.25, -0.2) is 4.39 Å². The molecule has 25 heavy (non-hydrogen) atoms. The maximum absolute atomic E-state index is 13.7. The van der Waals surface area contributed by atoms with Gasteiger partial charge in [0.05, 0.1) is 11.4 Å². The number of aromatic nitrogens is 2. The van der Waals surface area contributed by atoms with Gasteiger partial charge in [0.15, 0.2) is 0 Å². The summed E-state index contributed by atoms with van der Waals surface area (Å²) in [5, 5.41) is 6.99. The van der Waals surface area contributed by atoms with Gasteiger partial charge in [0.25, 0.3) is 0 Å². The van der Waals surface area contributed by atoms with Crippen LogP contribution < -0.4 is 0 Å². The lowest BCUT2D eigenvalue weighted by Gasteiger charge is -2.35. The summed E-state index contributed by atoms with van der Waals surface area (Å²) in [5.74, 6) is 0.497. The third-order valence-electron chi connectivity index (χ3n) is 5.20. The Balaban J connectivity index is 1.64. The van der Waals surface area contributed by atoms with Gasteiger partial charge in [-0.3, -0.25) is 5.10 Å². The van der Waals surface area contributed by atoms with Gasteiger partial charge in [-0.1, -0.05) is 33.4 Å². The van der Waals surface area contributed by atoms with Gasteiger partial charge in [-0.15, -0.1) is 0 Å². The van der Waals surface area contributed by atoms with E-state index in [-0.39, 0.29) is 11.2 Å². The molecule has 1 aliphatic rings. The quantitative estimate of drug-likeness (QED) is 0.868. The molecule has 0 unspecified atom stereocenters. The second-order valence-corrected chi connectivity index (χ2v) is 8.10. The Morgan fingerprint density at radius 2 is 2.00 bits per heavy atom. The molecular formula is C21H28FN3. The van der Waals surface area contributed by atoms with Crippen molar-refractivity contribution in [3.63, 3.8) is 0 Å². The molecule has 2 heterocycles. The summed E-state index contributed by atoms with van der Waals surface area (Å²) in [6.07, 6.45) is 5.05. The number of nitrogens with one attached hydrogen (secondary N) is 1. The monoisotopic (exact) mass is 341 g/mol. The van der Waals surface area contributed by atoms with Crippen molar-refractivity contribution in [2.75, 3.05) is 13.1 Å². The van der Waals surface area contributed by atoms with Gasteiger partial charge in [0.1, 0.15) is 5.82 Å².